The Balaban J connectivity index is 2.49. The minimum absolute atomic E-state index is 0.194. The molecule has 0 fully saturated rings. The van der Waals surface area contributed by atoms with E-state index in [2.05, 4.69) is 0 Å². The fourth-order valence-corrected chi connectivity index (χ4v) is 1.86. The van der Waals surface area contributed by atoms with Crippen LogP contribution in [0.15, 0.2) is 36.1 Å². The molecule has 0 saturated carbocycles. The lowest BCUT2D eigenvalue weighted by molar-refractivity contribution is 0.397. The lowest BCUT2D eigenvalue weighted by atomic mass is 9.85. The van der Waals surface area contributed by atoms with Crippen molar-refractivity contribution in [2.75, 3.05) is 0 Å². The number of benzene rings is 1. The van der Waals surface area contributed by atoms with Gasteiger partial charge in [0.2, 0.25) is 0 Å². The van der Waals surface area contributed by atoms with Gasteiger partial charge in [-0.1, -0.05) is 18.2 Å². The highest BCUT2D eigenvalue weighted by Gasteiger charge is 2.27. The Hall–Kier alpha value is -2.26. The molecule has 0 amide bonds. The molecule has 1 aromatic carbocycles. The molecule has 1 atom stereocenters. The van der Waals surface area contributed by atoms with E-state index in [1.54, 1.807) is 0 Å². The molecule has 1 heterocycles. The third kappa shape index (κ3) is 1.64. The van der Waals surface area contributed by atoms with Crippen LogP contribution in [0.5, 0.6) is 5.75 Å². The maximum atomic E-state index is 8.95. The van der Waals surface area contributed by atoms with Crippen LogP contribution >= 0.6 is 0 Å². The van der Waals surface area contributed by atoms with Gasteiger partial charge in [0.25, 0.3) is 0 Å². The van der Waals surface area contributed by atoms with Crippen LogP contribution in [0.4, 0.5) is 0 Å². The van der Waals surface area contributed by atoms with Gasteiger partial charge in [-0.05, 0) is 19.1 Å². The highest BCUT2D eigenvalue weighted by molar-refractivity contribution is 5.44. The Morgan fingerprint density at radius 1 is 1.25 bits per heavy atom. The van der Waals surface area contributed by atoms with Crippen molar-refractivity contribution in [3.05, 3.63) is 41.7 Å². The highest BCUT2D eigenvalue weighted by Crippen LogP contribution is 2.37. The highest BCUT2D eigenvalue weighted by atomic mass is 16.5. The second-order valence-electron chi connectivity index (χ2n) is 3.68. The molecular weight excluding hydrogens is 200 g/mol. The van der Waals surface area contributed by atoms with Crippen LogP contribution in [-0.4, -0.2) is 0 Å². The van der Waals surface area contributed by atoms with Crippen molar-refractivity contribution < 1.29 is 4.74 Å². The fraction of sp³-hybridized carbons (Fsp3) is 0.231. The zero-order chi connectivity index (χ0) is 11.5. The molecule has 0 saturated heterocycles. The molecule has 1 aliphatic rings. The van der Waals surface area contributed by atoms with Crippen LogP contribution in [0.25, 0.3) is 0 Å². The van der Waals surface area contributed by atoms with E-state index in [0.717, 1.165) is 17.1 Å². The van der Waals surface area contributed by atoms with Crippen molar-refractivity contribution in [2.24, 2.45) is 5.92 Å². The lowest BCUT2D eigenvalue weighted by Gasteiger charge is -2.23. The SMILES string of the molecule is CC1=CC(C(C#N)C#N)c2ccccc2O1. The van der Waals surface area contributed by atoms with Gasteiger partial charge in [-0.15, -0.1) is 0 Å². The van der Waals surface area contributed by atoms with E-state index in [1.807, 2.05) is 49.4 Å². The molecule has 2 rings (SSSR count). The molecule has 3 heteroatoms. The quantitative estimate of drug-likeness (QED) is 0.716. The van der Waals surface area contributed by atoms with Crippen LogP contribution in [0.2, 0.25) is 0 Å². The van der Waals surface area contributed by atoms with E-state index in [9.17, 15) is 0 Å². The molecule has 16 heavy (non-hydrogen) atoms. The largest absolute Gasteiger partial charge is 0.462 e. The molecular formula is C13H10N2O. The average molecular weight is 210 g/mol. The van der Waals surface area contributed by atoms with Gasteiger partial charge >= 0.3 is 0 Å². The fourth-order valence-electron chi connectivity index (χ4n) is 1.86. The van der Waals surface area contributed by atoms with Gasteiger partial charge in [0.1, 0.15) is 11.7 Å². The standard InChI is InChI=1S/C13H10N2O/c1-9-6-12(10(7-14)8-15)11-4-2-3-5-13(11)16-9/h2-6,10,12H,1H3. The predicted molar refractivity (Wildman–Crippen MR) is 58.3 cm³/mol. The Bertz CT molecular complexity index is 505. The van der Waals surface area contributed by atoms with Crippen molar-refractivity contribution in [1.29, 1.82) is 10.5 Å². The van der Waals surface area contributed by atoms with E-state index in [-0.39, 0.29) is 5.92 Å². The second kappa shape index (κ2) is 4.08. The monoisotopic (exact) mass is 210 g/mol. The molecule has 0 radical (unpaired) electrons. The molecule has 0 bridgehead atoms. The van der Waals surface area contributed by atoms with Gasteiger partial charge in [0.15, 0.2) is 0 Å². The number of nitrogens with zero attached hydrogens (tertiary/aromatic N) is 2. The molecule has 0 aliphatic carbocycles. The van der Waals surface area contributed by atoms with E-state index in [1.165, 1.54) is 0 Å². The van der Waals surface area contributed by atoms with Gasteiger partial charge in [0.05, 0.1) is 17.9 Å². The Morgan fingerprint density at radius 3 is 2.62 bits per heavy atom. The average Bonchev–Trinajstić information content (AvgIpc) is 2.30. The number of para-hydroxylation sites is 1. The zero-order valence-electron chi connectivity index (χ0n) is 8.84. The normalized spacial score (nSPS) is 17.8. The molecule has 0 spiro atoms. The number of hydrogen-bond acceptors (Lipinski definition) is 3. The van der Waals surface area contributed by atoms with Gasteiger partial charge < -0.3 is 4.74 Å². The molecule has 3 nitrogen and oxygen atoms in total. The summed E-state index contributed by atoms with van der Waals surface area (Å²) in [7, 11) is 0. The summed E-state index contributed by atoms with van der Waals surface area (Å²) in [6.07, 6.45) is 1.83. The van der Waals surface area contributed by atoms with Crippen LogP contribution in [0, 0.1) is 28.6 Å². The van der Waals surface area contributed by atoms with E-state index in [0.29, 0.717) is 0 Å². The molecule has 78 valence electrons. The Kier molecular flexibility index (Phi) is 2.62. The lowest BCUT2D eigenvalue weighted by Crippen LogP contribution is -2.14. The van der Waals surface area contributed by atoms with Crippen LogP contribution in [-0.2, 0) is 0 Å². The summed E-state index contributed by atoms with van der Waals surface area (Å²) in [6.45, 7) is 1.83. The van der Waals surface area contributed by atoms with Crippen LogP contribution in [0.1, 0.15) is 18.4 Å². The summed E-state index contributed by atoms with van der Waals surface area (Å²) in [6, 6.07) is 11.6. The van der Waals surface area contributed by atoms with Gasteiger partial charge in [-0.3, -0.25) is 0 Å². The predicted octanol–water partition coefficient (Wildman–Crippen LogP) is 2.73. The zero-order valence-corrected chi connectivity index (χ0v) is 8.84. The van der Waals surface area contributed by atoms with E-state index >= 15 is 0 Å². The number of rotatable bonds is 1. The first-order valence-electron chi connectivity index (χ1n) is 5.00. The van der Waals surface area contributed by atoms with E-state index in [4.69, 9.17) is 15.3 Å². The summed E-state index contributed by atoms with van der Waals surface area (Å²) >= 11 is 0. The molecule has 1 aromatic rings. The van der Waals surface area contributed by atoms with Crippen molar-refractivity contribution in [3.63, 3.8) is 0 Å². The number of hydrogen-bond donors (Lipinski definition) is 0. The minimum atomic E-state index is -0.667. The number of allylic oxidation sites excluding steroid dienone is 2. The molecule has 1 aliphatic heterocycles. The summed E-state index contributed by atoms with van der Waals surface area (Å²) in [5.41, 5.74) is 0.904. The van der Waals surface area contributed by atoms with Gasteiger partial charge in [-0.25, -0.2) is 0 Å². The smallest absolute Gasteiger partial charge is 0.143 e. The number of nitriles is 2. The number of ether oxygens (including phenoxy) is 1. The first-order valence-corrected chi connectivity index (χ1v) is 5.00. The van der Waals surface area contributed by atoms with Gasteiger partial charge in [0, 0.05) is 11.5 Å². The summed E-state index contributed by atoms with van der Waals surface area (Å²) < 4.78 is 5.54. The van der Waals surface area contributed by atoms with Crippen molar-refractivity contribution in [3.8, 4) is 17.9 Å². The summed E-state index contributed by atoms with van der Waals surface area (Å²) in [5.74, 6) is 0.613. The first kappa shape index (κ1) is 10.3. The molecule has 0 N–H and O–H groups in total. The first-order chi connectivity index (χ1) is 7.76. The third-order valence-corrected chi connectivity index (χ3v) is 2.60. The Morgan fingerprint density at radius 2 is 1.94 bits per heavy atom. The Labute approximate surface area is 94.2 Å². The maximum absolute atomic E-state index is 8.95. The molecule has 0 aromatic heterocycles. The summed E-state index contributed by atoms with van der Waals surface area (Å²) in [5, 5.41) is 17.9. The van der Waals surface area contributed by atoms with Gasteiger partial charge in [-0.2, -0.15) is 10.5 Å². The second-order valence-corrected chi connectivity index (χ2v) is 3.68. The van der Waals surface area contributed by atoms with Crippen molar-refractivity contribution in [2.45, 2.75) is 12.8 Å². The van der Waals surface area contributed by atoms with Crippen LogP contribution < -0.4 is 4.74 Å². The number of fused-ring (bicyclic) bond motifs is 1. The molecule has 1 unspecified atom stereocenters. The topological polar surface area (TPSA) is 56.8 Å². The van der Waals surface area contributed by atoms with E-state index < -0.39 is 5.92 Å². The van der Waals surface area contributed by atoms with Crippen LogP contribution in [0.3, 0.4) is 0 Å². The maximum Gasteiger partial charge on any atom is 0.143 e. The third-order valence-electron chi connectivity index (χ3n) is 2.60. The summed E-state index contributed by atoms with van der Waals surface area (Å²) in [4.78, 5) is 0. The minimum Gasteiger partial charge on any atom is -0.462 e. The van der Waals surface area contributed by atoms with Crippen molar-refractivity contribution >= 4 is 0 Å². The van der Waals surface area contributed by atoms with Crippen molar-refractivity contribution in [1.82, 2.24) is 0 Å².